The van der Waals surface area contributed by atoms with Crippen LogP contribution in [0.3, 0.4) is 0 Å². The van der Waals surface area contributed by atoms with Crippen LogP contribution in [0.15, 0.2) is 47.4 Å². The Morgan fingerprint density at radius 1 is 1.07 bits per heavy atom. The second-order valence-electron chi connectivity index (χ2n) is 6.86. The summed E-state index contributed by atoms with van der Waals surface area (Å²) in [7, 11) is -1.04. The van der Waals surface area contributed by atoms with Gasteiger partial charge in [0.1, 0.15) is 0 Å². The molecule has 144 valence electrons. The van der Waals surface area contributed by atoms with E-state index in [1.807, 2.05) is 12.1 Å². The molecule has 0 radical (unpaired) electrons. The molecular weight excluding hydrogens is 358 g/mol. The summed E-state index contributed by atoms with van der Waals surface area (Å²) in [6, 6.07) is 13.0. The number of anilines is 2. The third kappa shape index (κ3) is 4.76. The number of carbonyl (C=O) groups excluding carboxylic acids is 1. The maximum atomic E-state index is 12.5. The van der Waals surface area contributed by atoms with Crippen LogP contribution in [0.5, 0.6) is 0 Å². The molecule has 0 bridgehead atoms. The minimum absolute atomic E-state index is 0.160. The Labute approximate surface area is 163 Å². The number of likely N-dealkylation sites (N-methyl/N-ethyl adjacent to an activating group) is 1. The van der Waals surface area contributed by atoms with Crippen molar-refractivity contribution in [3.8, 4) is 0 Å². The average molecular weight is 386 g/mol. The summed E-state index contributed by atoms with van der Waals surface area (Å²) in [6.07, 6.45) is 1.63. The molecule has 1 N–H and O–H groups in total. The summed E-state index contributed by atoms with van der Waals surface area (Å²) >= 11 is 0. The van der Waals surface area contributed by atoms with Crippen LogP contribution >= 0.6 is 0 Å². The summed E-state index contributed by atoms with van der Waals surface area (Å²) in [5, 5.41) is 2.95. The van der Waals surface area contributed by atoms with Gasteiger partial charge in [0.25, 0.3) is 5.91 Å². The van der Waals surface area contributed by atoms with E-state index in [-0.39, 0.29) is 5.91 Å². The molecule has 0 saturated carbocycles. The molecule has 2 aromatic carbocycles. The maximum absolute atomic E-state index is 12.5. The molecule has 27 heavy (non-hydrogen) atoms. The lowest BCUT2D eigenvalue weighted by molar-refractivity contribution is 0.102. The van der Waals surface area contributed by atoms with Crippen molar-refractivity contribution < 1.29 is 9.00 Å². The van der Waals surface area contributed by atoms with Crippen LogP contribution < -0.4 is 10.2 Å². The fourth-order valence-corrected chi connectivity index (χ4v) is 3.91. The van der Waals surface area contributed by atoms with Crippen molar-refractivity contribution in [1.82, 2.24) is 4.90 Å². The summed E-state index contributed by atoms with van der Waals surface area (Å²) < 4.78 is 11.5. The lowest BCUT2D eigenvalue weighted by Crippen LogP contribution is -2.46. The van der Waals surface area contributed by atoms with Gasteiger partial charge in [0.15, 0.2) is 0 Å². The van der Waals surface area contributed by atoms with Gasteiger partial charge in [-0.25, -0.2) is 0 Å². The Hall–Kier alpha value is -2.18. The molecular formula is C21H27N3O2S. The molecule has 1 fully saturated rings. The van der Waals surface area contributed by atoms with Crippen LogP contribution in [-0.4, -0.2) is 54.0 Å². The molecule has 0 aliphatic carbocycles. The summed E-state index contributed by atoms with van der Waals surface area (Å²) in [5.74, 6) is -0.160. The van der Waals surface area contributed by atoms with E-state index < -0.39 is 10.8 Å². The highest BCUT2D eigenvalue weighted by Crippen LogP contribution is 2.25. The topological polar surface area (TPSA) is 52.6 Å². The number of hydrogen-bond donors (Lipinski definition) is 1. The van der Waals surface area contributed by atoms with Gasteiger partial charge in [-0.15, -0.1) is 0 Å². The number of carbonyl (C=O) groups is 1. The van der Waals surface area contributed by atoms with Crippen molar-refractivity contribution in [2.75, 3.05) is 49.2 Å². The van der Waals surface area contributed by atoms with Gasteiger partial charge in [-0.1, -0.05) is 6.92 Å². The van der Waals surface area contributed by atoms with E-state index in [4.69, 9.17) is 0 Å². The number of amides is 1. The van der Waals surface area contributed by atoms with Gasteiger partial charge in [-0.05, 0) is 61.5 Å². The third-order valence-electron chi connectivity index (χ3n) is 5.06. The number of hydrogen-bond acceptors (Lipinski definition) is 4. The Kier molecular flexibility index (Phi) is 6.29. The molecule has 1 heterocycles. The van der Waals surface area contributed by atoms with Gasteiger partial charge in [0, 0.05) is 65.1 Å². The Balaban J connectivity index is 1.66. The zero-order valence-corrected chi connectivity index (χ0v) is 17.0. The van der Waals surface area contributed by atoms with Gasteiger partial charge in [-0.2, -0.15) is 0 Å². The van der Waals surface area contributed by atoms with Crippen molar-refractivity contribution in [2.24, 2.45) is 0 Å². The minimum Gasteiger partial charge on any atom is -0.369 e. The van der Waals surface area contributed by atoms with Crippen molar-refractivity contribution in [3.05, 3.63) is 53.6 Å². The summed E-state index contributed by atoms with van der Waals surface area (Å²) in [5.41, 5.74) is 3.74. The standard InChI is InChI=1S/C21H27N3O2S/c1-4-23-11-13-24(14-12-23)20-10-7-18(15-16(20)2)22-21(25)17-5-8-19(9-6-17)27(3)26/h5-10,15H,4,11-14H2,1-3H3,(H,22,25). The van der Waals surface area contributed by atoms with Gasteiger partial charge in [0.05, 0.1) is 0 Å². The summed E-state index contributed by atoms with van der Waals surface area (Å²) in [6.45, 7) is 9.64. The zero-order valence-electron chi connectivity index (χ0n) is 16.2. The van der Waals surface area contributed by atoms with Crippen LogP contribution in [-0.2, 0) is 10.8 Å². The highest BCUT2D eigenvalue weighted by atomic mass is 32.2. The molecule has 6 heteroatoms. The minimum atomic E-state index is -1.04. The smallest absolute Gasteiger partial charge is 0.255 e. The van der Waals surface area contributed by atoms with Crippen LogP contribution in [0, 0.1) is 6.92 Å². The van der Waals surface area contributed by atoms with E-state index in [9.17, 15) is 9.00 Å². The molecule has 5 nitrogen and oxygen atoms in total. The van der Waals surface area contributed by atoms with E-state index in [2.05, 4.69) is 35.0 Å². The maximum Gasteiger partial charge on any atom is 0.255 e. The Morgan fingerprint density at radius 2 is 1.74 bits per heavy atom. The predicted molar refractivity (Wildman–Crippen MR) is 112 cm³/mol. The van der Waals surface area contributed by atoms with Crippen molar-refractivity contribution in [1.29, 1.82) is 0 Å². The highest BCUT2D eigenvalue weighted by molar-refractivity contribution is 7.84. The van der Waals surface area contributed by atoms with Crippen molar-refractivity contribution in [2.45, 2.75) is 18.7 Å². The van der Waals surface area contributed by atoms with E-state index in [0.29, 0.717) is 5.56 Å². The number of piperazine rings is 1. The molecule has 1 unspecified atom stereocenters. The number of nitrogens with zero attached hydrogens (tertiary/aromatic N) is 2. The molecule has 1 aliphatic rings. The van der Waals surface area contributed by atoms with Crippen molar-refractivity contribution in [3.63, 3.8) is 0 Å². The van der Waals surface area contributed by atoms with Crippen LogP contribution in [0.1, 0.15) is 22.8 Å². The lowest BCUT2D eigenvalue weighted by atomic mass is 10.1. The van der Waals surface area contributed by atoms with Crippen LogP contribution in [0.25, 0.3) is 0 Å². The summed E-state index contributed by atoms with van der Waals surface area (Å²) in [4.78, 5) is 18.0. The number of aryl methyl sites for hydroxylation is 1. The molecule has 1 saturated heterocycles. The molecule has 0 aromatic heterocycles. The van der Waals surface area contributed by atoms with Gasteiger partial charge < -0.3 is 15.1 Å². The van der Waals surface area contributed by atoms with Crippen molar-refractivity contribution >= 4 is 28.1 Å². The second kappa shape index (κ2) is 8.67. The Morgan fingerprint density at radius 3 is 2.30 bits per heavy atom. The predicted octanol–water partition coefficient (Wildman–Crippen LogP) is 3.13. The van der Waals surface area contributed by atoms with E-state index in [1.165, 1.54) is 5.69 Å². The molecule has 3 rings (SSSR count). The number of rotatable bonds is 5. The van der Waals surface area contributed by atoms with E-state index in [1.54, 1.807) is 30.5 Å². The SMILES string of the molecule is CCN1CCN(c2ccc(NC(=O)c3ccc(S(C)=O)cc3)cc2C)CC1. The van der Waals surface area contributed by atoms with Gasteiger partial charge in [-0.3, -0.25) is 9.00 Å². The largest absolute Gasteiger partial charge is 0.369 e. The second-order valence-corrected chi connectivity index (χ2v) is 8.23. The molecule has 1 aliphatic heterocycles. The normalized spacial score (nSPS) is 16.2. The van der Waals surface area contributed by atoms with E-state index in [0.717, 1.165) is 48.9 Å². The molecule has 1 amide bonds. The van der Waals surface area contributed by atoms with Crippen LogP contribution in [0.2, 0.25) is 0 Å². The third-order valence-corrected chi connectivity index (χ3v) is 6.00. The quantitative estimate of drug-likeness (QED) is 0.859. The first kappa shape index (κ1) is 19.6. The molecule has 1 atom stereocenters. The first-order valence-corrected chi connectivity index (χ1v) is 10.9. The fourth-order valence-electron chi connectivity index (χ4n) is 3.39. The monoisotopic (exact) mass is 385 g/mol. The highest BCUT2D eigenvalue weighted by Gasteiger charge is 2.17. The molecule has 2 aromatic rings. The molecule has 0 spiro atoms. The zero-order chi connectivity index (χ0) is 19.4. The fraction of sp³-hybridized carbons (Fsp3) is 0.381. The average Bonchev–Trinajstić information content (AvgIpc) is 2.68. The first-order chi connectivity index (χ1) is 13.0. The van der Waals surface area contributed by atoms with Gasteiger partial charge >= 0.3 is 0 Å². The van der Waals surface area contributed by atoms with E-state index >= 15 is 0 Å². The lowest BCUT2D eigenvalue weighted by Gasteiger charge is -2.36. The van der Waals surface area contributed by atoms with Gasteiger partial charge in [0.2, 0.25) is 0 Å². The first-order valence-electron chi connectivity index (χ1n) is 9.30. The number of nitrogens with one attached hydrogen (secondary N) is 1. The van der Waals surface area contributed by atoms with Crippen LogP contribution in [0.4, 0.5) is 11.4 Å². The Bertz CT molecular complexity index is 828. The number of benzene rings is 2.